The third-order valence-electron chi connectivity index (χ3n) is 4.90. The van der Waals surface area contributed by atoms with Crippen molar-refractivity contribution in [2.75, 3.05) is 19.6 Å². The van der Waals surface area contributed by atoms with Crippen LogP contribution in [0.2, 0.25) is 0 Å². The van der Waals surface area contributed by atoms with Crippen LogP contribution < -0.4 is 0 Å². The van der Waals surface area contributed by atoms with Gasteiger partial charge in [-0.05, 0) is 42.7 Å². The number of hydrogen-bond acceptors (Lipinski definition) is 2. The molecule has 1 N–H and O–H groups in total. The lowest BCUT2D eigenvalue weighted by atomic mass is 10.0. The average Bonchev–Trinajstić information content (AvgIpc) is 2.90. The molecule has 0 spiro atoms. The third kappa shape index (κ3) is 3.18. The van der Waals surface area contributed by atoms with Crippen molar-refractivity contribution >= 4 is 0 Å². The van der Waals surface area contributed by atoms with Gasteiger partial charge in [-0.2, -0.15) is 0 Å². The molecule has 104 valence electrons. The molecule has 0 bridgehead atoms. The van der Waals surface area contributed by atoms with Crippen LogP contribution in [0.5, 0.6) is 0 Å². The van der Waals surface area contributed by atoms with E-state index >= 15 is 0 Å². The van der Waals surface area contributed by atoms with Gasteiger partial charge in [-0.15, -0.1) is 0 Å². The summed E-state index contributed by atoms with van der Waals surface area (Å²) in [6.45, 7) is 3.07. The maximum Gasteiger partial charge on any atom is 0.0695 e. The van der Waals surface area contributed by atoms with E-state index in [-0.39, 0.29) is 6.10 Å². The second kappa shape index (κ2) is 6.06. The maximum atomic E-state index is 10.4. The monoisotopic (exact) mass is 259 g/mol. The van der Waals surface area contributed by atoms with Gasteiger partial charge in [0.05, 0.1) is 6.10 Å². The van der Waals surface area contributed by atoms with Crippen LogP contribution in [-0.4, -0.2) is 35.7 Å². The molecule has 0 radical (unpaired) electrons. The average molecular weight is 259 g/mol. The van der Waals surface area contributed by atoms with Crippen LogP contribution >= 0.6 is 0 Å². The lowest BCUT2D eigenvalue weighted by Gasteiger charge is -2.26. The Hall–Kier alpha value is -0.860. The molecule has 1 aromatic rings. The van der Waals surface area contributed by atoms with Gasteiger partial charge in [-0.1, -0.05) is 37.1 Å². The third-order valence-corrected chi connectivity index (χ3v) is 4.90. The second-order valence-corrected chi connectivity index (χ2v) is 6.18. The fraction of sp³-hybridized carbons (Fsp3) is 0.647. The summed E-state index contributed by atoms with van der Waals surface area (Å²) in [6.07, 6.45) is 7.25. The predicted molar refractivity (Wildman–Crippen MR) is 78.3 cm³/mol. The first-order valence-electron chi connectivity index (χ1n) is 7.80. The molecule has 2 nitrogen and oxygen atoms in total. The lowest BCUT2D eigenvalue weighted by molar-refractivity contribution is 0.0672. The predicted octanol–water partition coefficient (Wildman–Crippen LogP) is 2.64. The van der Waals surface area contributed by atoms with Crippen LogP contribution in [0.4, 0.5) is 0 Å². The number of aliphatic hydroxyl groups excluding tert-OH is 1. The van der Waals surface area contributed by atoms with Crippen LogP contribution in [0, 0.1) is 5.92 Å². The number of benzene rings is 1. The zero-order valence-corrected chi connectivity index (χ0v) is 11.7. The lowest BCUT2D eigenvalue weighted by Crippen LogP contribution is -2.37. The fourth-order valence-electron chi connectivity index (χ4n) is 3.65. The summed E-state index contributed by atoms with van der Waals surface area (Å²) in [5, 5.41) is 10.4. The highest BCUT2D eigenvalue weighted by atomic mass is 16.3. The first-order valence-corrected chi connectivity index (χ1v) is 7.80. The molecule has 3 rings (SSSR count). The zero-order chi connectivity index (χ0) is 13.1. The molecule has 1 saturated carbocycles. The topological polar surface area (TPSA) is 23.5 Å². The van der Waals surface area contributed by atoms with Crippen LogP contribution in [-0.2, 0) is 12.8 Å². The Labute approximate surface area is 116 Å². The summed E-state index contributed by atoms with van der Waals surface area (Å²) >= 11 is 0. The van der Waals surface area contributed by atoms with Gasteiger partial charge in [0.15, 0.2) is 0 Å². The highest BCUT2D eigenvalue weighted by Crippen LogP contribution is 2.28. The van der Waals surface area contributed by atoms with Crippen LogP contribution in [0.3, 0.4) is 0 Å². The molecule has 1 atom stereocenters. The van der Waals surface area contributed by atoms with Gasteiger partial charge in [0.1, 0.15) is 0 Å². The molecule has 1 fully saturated rings. The summed E-state index contributed by atoms with van der Waals surface area (Å²) in [5.41, 5.74) is 3.00. The molecule has 1 aliphatic carbocycles. The van der Waals surface area contributed by atoms with Gasteiger partial charge in [0.2, 0.25) is 0 Å². The molecule has 1 aliphatic heterocycles. The number of aliphatic hydroxyl groups is 1. The maximum absolute atomic E-state index is 10.4. The van der Waals surface area contributed by atoms with Crippen LogP contribution in [0.25, 0.3) is 0 Å². The molecule has 1 aromatic carbocycles. The number of hydrogen-bond donors (Lipinski definition) is 1. The Bertz CT molecular complexity index is 384. The number of fused-ring (bicyclic) bond motifs is 1. The summed E-state index contributed by atoms with van der Waals surface area (Å²) in [6, 6.07) is 8.79. The van der Waals surface area contributed by atoms with E-state index in [1.807, 2.05) is 0 Å². The Morgan fingerprint density at radius 3 is 2.21 bits per heavy atom. The van der Waals surface area contributed by atoms with Gasteiger partial charge in [-0.25, -0.2) is 0 Å². The molecule has 19 heavy (non-hydrogen) atoms. The highest BCUT2D eigenvalue weighted by molar-refractivity contribution is 5.28. The van der Waals surface area contributed by atoms with E-state index in [9.17, 15) is 5.11 Å². The quantitative estimate of drug-likeness (QED) is 0.902. The van der Waals surface area contributed by atoms with Crippen molar-refractivity contribution in [3.8, 4) is 0 Å². The Morgan fingerprint density at radius 2 is 1.63 bits per heavy atom. The van der Waals surface area contributed by atoms with E-state index in [1.54, 1.807) is 0 Å². The van der Waals surface area contributed by atoms with E-state index in [0.717, 1.165) is 32.5 Å². The Balaban J connectivity index is 1.56. The first-order chi connectivity index (χ1) is 9.33. The number of rotatable bonds is 3. The summed E-state index contributed by atoms with van der Waals surface area (Å²) < 4.78 is 0. The summed E-state index contributed by atoms with van der Waals surface area (Å²) in [4.78, 5) is 2.46. The van der Waals surface area contributed by atoms with E-state index < -0.39 is 0 Å². The van der Waals surface area contributed by atoms with Crippen molar-refractivity contribution in [3.63, 3.8) is 0 Å². The molecular formula is C17H25NO. The largest absolute Gasteiger partial charge is 0.392 e. The normalized spacial score (nSPS) is 23.0. The van der Waals surface area contributed by atoms with Crippen molar-refractivity contribution in [1.82, 2.24) is 4.90 Å². The van der Waals surface area contributed by atoms with Crippen molar-refractivity contribution in [2.24, 2.45) is 5.92 Å². The van der Waals surface area contributed by atoms with Crippen molar-refractivity contribution < 1.29 is 5.11 Å². The molecule has 1 heterocycles. The van der Waals surface area contributed by atoms with Crippen molar-refractivity contribution in [3.05, 3.63) is 35.4 Å². The fourth-order valence-corrected chi connectivity index (χ4v) is 3.65. The zero-order valence-electron chi connectivity index (χ0n) is 11.7. The van der Waals surface area contributed by atoms with Gasteiger partial charge < -0.3 is 10.0 Å². The first kappa shape index (κ1) is 13.1. The molecule has 1 unspecified atom stereocenters. The van der Waals surface area contributed by atoms with Gasteiger partial charge >= 0.3 is 0 Å². The Kier molecular flexibility index (Phi) is 4.19. The molecule has 2 aliphatic rings. The minimum atomic E-state index is -0.108. The molecule has 2 heteroatoms. The second-order valence-electron chi connectivity index (χ2n) is 6.18. The molecular weight excluding hydrogens is 234 g/mol. The number of β-amino-alcohol motifs (C(OH)–C–C–N with tert-alkyl or cyclic N) is 1. The van der Waals surface area contributed by atoms with Crippen LogP contribution in [0.15, 0.2) is 24.3 Å². The molecule has 0 amide bonds. The standard InChI is InChI=1S/C17H25NO/c19-17(16-7-3-4-8-16)13-18-11-9-14-5-1-2-6-15(14)10-12-18/h1-2,5-6,16-17,19H,3-4,7-13H2. The van der Waals surface area contributed by atoms with E-state index in [2.05, 4.69) is 29.2 Å². The van der Waals surface area contributed by atoms with E-state index in [0.29, 0.717) is 5.92 Å². The van der Waals surface area contributed by atoms with E-state index in [4.69, 9.17) is 0 Å². The van der Waals surface area contributed by atoms with Crippen molar-refractivity contribution in [2.45, 2.75) is 44.6 Å². The highest BCUT2D eigenvalue weighted by Gasteiger charge is 2.25. The molecule has 0 aromatic heterocycles. The van der Waals surface area contributed by atoms with Gasteiger partial charge in [0, 0.05) is 19.6 Å². The van der Waals surface area contributed by atoms with Crippen LogP contribution in [0.1, 0.15) is 36.8 Å². The van der Waals surface area contributed by atoms with Gasteiger partial charge in [0.25, 0.3) is 0 Å². The smallest absolute Gasteiger partial charge is 0.0695 e. The summed E-state index contributed by atoms with van der Waals surface area (Å²) in [7, 11) is 0. The minimum absolute atomic E-state index is 0.108. The van der Waals surface area contributed by atoms with Gasteiger partial charge in [-0.3, -0.25) is 0 Å². The Morgan fingerprint density at radius 1 is 1.05 bits per heavy atom. The SMILES string of the molecule is OC(CN1CCc2ccccc2CC1)C1CCCC1. The minimum Gasteiger partial charge on any atom is -0.392 e. The van der Waals surface area contributed by atoms with E-state index in [1.165, 1.54) is 36.8 Å². The number of nitrogens with zero attached hydrogens (tertiary/aromatic N) is 1. The summed E-state index contributed by atoms with van der Waals surface area (Å²) in [5.74, 6) is 0.561. The van der Waals surface area contributed by atoms with Crippen molar-refractivity contribution in [1.29, 1.82) is 0 Å². The molecule has 0 saturated heterocycles.